The molecule has 0 bridgehead atoms. The van der Waals surface area contributed by atoms with Crippen molar-refractivity contribution in [2.45, 2.75) is 13.8 Å². The minimum absolute atomic E-state index is 0.153. The van der Waals surface area contributed by atoms with Gasteiger partial charge in [-0.15, -0.1) is 0 Å². The fourth-order valence-electron chi connectivity index (χ4n) is 1.86. The summed E-state index contributed by atoms with van der Waals surface area (Å²) in [5.74, 6) is -0.496. The average Bonchev–Trinajstić information content (AvgIpc) is 2.87. The van der Waals surface area contributed by atoms with E-state index < -0.39 is 5.97 Å². The van der Waals surface area contributed by atoms with Gasteiger partial charge in [-0.2, -0.15) is 0 Å². The molecule has 0 saturated heterocycles. The summed E-state index contributed by atoms with van der Waals surface area (Å²) in [6.45, 7) is 3.46. The number of carbonyl (C=O) groups is 2. The maximum absolute atomic E-state index is 11.8. The van der Waals surface area contributed by atoms with Crippen molar-refractivity contribution in [3.05, 3.63) is 42.4 Å². The molecule has 0 aliphatic carbocycles. The first-order chi connectivity index (χ1) is 9.61. The smallest absolute Gasteiger partial charge is 0.374 e. The molecular weight excluding hydrogens is 258 g/mol. The standard InChI is InChI=1S/C15H15NO4/c1-3-19-15(18)14-13(7-8-20-14)11-5-4-6-12(9-11)16-10(2)17/h4-9H,3H2,1-2H3,(H,16,17). The summed E-state index contributed by atoms with van der Waals surface area (Å²) < 4.78 is 10.1. The SMILES string of the molecule is CCOC(=O)c1occc1-c1cccc(NC(C)=O)c1. The first kappa shape index (κ1) is 13.9. The molecule has 20 heavy (non-hydrogen) atoms. The predicted molar refractivity (Wildman–Crippen MR) is 74.4 cm³/mol. The van der Waals surface area contributed by atoms with Crippen molar-refractivity contribution in [2.24, 2.45) is 0 Å². The van der Waals surface area contributed by atoms with E-state index in [2.05, 4.69) is 5.32 Å². The molecule has 1 N–H and O–H groups in total. The van der Waals surface area contributed by atoms with Crippen molar-refractivity contribution < 1.29 is 18.7 Å². The van der Waals surface area contributed by atoms with Gasteiger partial charge in [0.15, 0.2) is 0 Å². The van der Waals surface area contributed by atoms with Crippen LogP contribution in [0.15, 0.2) is 41.0 Å². The van der Waals surface area contributed by atoms with E-state index in [1.165, 1.54) is 13.2 Å². The van der Waals surface area contributed by atoms with Crippen molar-refractivity contribution in [1.29, 1.82) is 0 Å². The molecule has 1 aromatic heterocycles. The molecule has 1 aromatic carbocycles. The highest BCUT2D eigenvalue weighted by atomic mass is 16.5. The van der Waals surface area contributed by atoms with Crippen LogP contribution in [0.5, 0.6) is 0 Å². The van der Waals surface area contributed by atoms with Crippen LogP contribution in [0.1, 0.15) is 24.4 Å². The number of esters is 1. The fraction of sp³-hybridized carbons (Fsp3) is 0.200. The van der Waals surface area contributed by atoms with Crippen LogP contribution in [-0.4, -0.2) is 18.5 Å². The van der Waals surface area contributed by atoms with E-state index in [4.69, 9.17) is 9.15 Å². The van der Waals surface area contributed by atoms with Gasteiger partial charge in [-0.3, -0.25) is 4.79 Å². The largest absolute Gasteiger partial charge is 0.460 e. The molecule has 2 rings (SSSR count). The minimum atomic E-state index is -0.502. The number of rotatable bonds is 4. The molecule has 0 atom stereocenters. The average molecular weight is 273 g/mol. The van der Waals surface area contributed by atoms with Crippen LogP contribution < -0.4 is 5.32 Å². The molecule has 1 heterocycles. The Hall–Kier alpha value is -2.56. The zero-order chi connectivity index (χ0) is 14.5. The highest BCUT2D eigenvalue weighted by Gasteiger charge is 2.18. The fourth-order valence-corrected chi connectivity index (χ4v) is 1.86. The topological polar surface area (TPSA) is 68.5 Å². The Morgan fingerprint density at radius 2 is 2.10 bits per heavy atom. The lowest BCUT2D eigenvalue weighted by molar-refractivity contribution is -0.114. The highest BCUT2D eigenvalue weighted by molar-refractivity contribution is 5.95. The summed E-state index contributed by atoms with van der Waals surface area (Å²) in [5.41, 5.74) is 2.06. The third kappa shape index (κ3) is 3.06. The van der Waals surface area contributed by atoms with E-state index in [0.29, 0.717) is 11.3 Å². The van der Waals surface area contributed by atoms with Crippen molar-refractivity contribution in [3.8, 4) is 11.1 Å². The highest BCUT2D eigenvalue weighted by Crippen LogP contribution is 2.27. The van der Waals surface area contributed by atoms with Crippen LogP contribution in [0.3, 0.4) is 0 Å². The van der Waals surface area contributed by atoms with Gasteiger partial charge in [-0.1, -0.05) is 12.1 Å². The van der Waals surface area contributed by atoms with Crippen molar-refractivity contribution in [2.75, 3.05) is 11.9 Å². The minimum Gasteiger partial charge on any atom is -0.460 e. The molecule has 0 aliphatic rings. The molecule has 5 heteroatoms. The van der Waals surface area contributed by atoms with Gasteiger partial charge in [-0.05, 0) is 30.7 Å². The Kier molecular flexibility index (Phi) is 4.20. The lowest BCUT2D eigenvalue weighted by Gasteiger charge is -2.06. The number of hydrogen-bond acceptors (Lipinski definition) is 4. The van der Waals surface area contributed by atoms with E-state index >= 15 is 0 Å². The second-order valence-electron chi connectivity index (χ2n) is 4.15. The number of anilines is 1. The Labute approximate surface area is 116 Å². The monoisotopic (exact) mass is 273 g/mol. The summed E-state index contributed by atoms with van der Waals surface area (Å²) in [6.07, 6.45) is 1.44. The van der Waals surface area contributed by atoms with Gasteiger partial charge < -0.3 is 14.5 Å². The Bertz CT molecular complexity index is 630. The predicted octanol–water partition coefficient (Wildman–Crippen LogP) is 3.08. The summed E-state index contributed by atoms with van der Waals surface area (Å²) in [6, 6.07) is 8.87. The number of hydrogen-bond donors (Lipinski definition) is 1. The van der Waals surface area contributed by atoms with Gasteiger partial charge >= 0.3 is 5.97 Å². The number of amides is 1. The maximum Gasteiger partial charge on any atom is 0.374 e. The lowest BCUT2D eigenvalue weighted by Crippen LogP contribution is -2.06. The molecule has 1 amide bonds. The van der Waals surface area contributed by atoms with Crippen molar-refractivity contribution >= 4 is 17.6 Å². The quantitative estimate of drug-likeness (QED) is 0.869. The van der Waals surface area contributed by atoms with Crippen molar-refractivity contribution in [3.63, 3.8) is 0 Å². The molecule has 5 nitrogen and oxygen atoms in total. The summed E-state index contributed by atoms with van der Waals surface area (Å²) >= 11 is 0. The van der Waals surface area contributed by atoms with Crippen LogP contribution in [-0.2, 0) is 9.53 Å². The molecular formula is C15H15NO4. The van der Waals surface area contributed by atoms with Crippen LogP contribution in [0, 0.1) is 0 Å². The molecule has 0 saturated carbocycles. The van der Waals surface area contributed by atoms with Crippen LogP contribution in [0.25, 0.3) is 11.1 Å². The maximum atomic E-state index is 11.8. The zero-order valence-electron chi connectivity index (χ0n) is 11.3. The third-order valence-corrected chi connectivity index (χ3v) is 2.62. The zero-order valence-corrected chi connectivity index (χ0v) is 11.3. The molecule has 0 spiro atoms. The van der Waals surface area contributed by atoms with Crippen LogP contribution >= 0.6 is 0 Å². The van der Waals surface area contributed by atoms with Gasteiger partial charge in [0.1, 0.15) is 0 Å². The number of carbonyl (C=O) groups excluding carboxylic acids is 2. The van der Waals surface area contributed by atoms with E-state index in [-0.39, 0.29) is 18.3 Å². The van der Waals surface area contributed by atoms with Crippen molar-refractivity contribution in [1.82, 2.24) is 0 Å². The second-order valence-corrected chi connectivity index (χ2v) is 4.15. The summed E-state index contributed by atoms with van der Waals surface area (Å²) in [7, 11) is 0. The van der Waals surface area contributed by atoms with Gasteiger partial charge in [0.25, 0.3) is 0 Å². The van der Waals surface area contributed by atoms with E-state index in [0.717, 1.165) is 5.56 Å². The second kappa shape index (κ2) is 6.06. The first-order valence-electron chi connectivity index (χ1n) is 6.24. The Morgan fingerprint density at radius 1 is 1.30 bits per heavy atom. The summed E-state index contributed by atoms with van der Waals surface area (Å²) in [4.78, 5) is 22.8. The number of benzene rings is 1. The van der Waals surface area contributed by atoms with Gasteiger partial charge in [-0.25, -0.2) is 4.79 Å². The van der Waals surface area contributed by atoms with Gasteiger partial charge in [0, 0.05) is 18.2 Å². The number of nitrogens with one attached hydrogen (secondary N) is 1. The Morgan fingerprint density at radius 3 is 2.80 bits per heavy atom. The number of ether oxygens (including phenoxy) is 1. The molecule has 104 valence electrons. The van der Waals surface area contributed by atoms with E-state index in [1.807, 2.05) is 6.07 Å². The molecule has 0 radical (unpaired) electrons. The van der Waals surface area contributed by atoms with Crippen LogP contribution in [0.2, 0.25) is 0 Å². The first-order valence-corrected chi connectivity index (χ1v) is 6.24. The normalized spacial score (nSPS) is 10.1. The lowest BCUT2D eigenvalue weighted by atomic mass is 10.1. The van der Waals surface area contributed by atoms with Gasteiger partial charge in [0.05, 0.1) is 12.9 Å². The van der Waals surface area contributed by atoms with Gasteiger partial charge in [0.2, 0.25) is 11.7 Å². The third-order valence-electron chi connectivity index (χ3n) is 2.62. The number of furan rings is 1. The summed E-state index contributed by atoms with van der Waals surface area (Å²) in [5, 5.41) is 2.70. The van der Waals surface area contributed by atoms with Crippen LogP contribution in [0.4, 0.5) is 5.69 Å². The molecule has 0 aliphatic heterocycles. The molecule has 2 aromatic rings. The van der Waals surface area contributed by atoms with E-state index in [1.54, 1.807) is 31.2 Å². The van der Waals surface area contributed by atoms with E-state index in [9.17, 15) is 9.59 Å². The Balaban J connectivity index is 2.35. The molecule has 0 fully saturated rings. The molecule has 0 unspecified atom stereocenters.